The highest BCUT2D eigenvalue weighted by Crippen LogP contribution is 2.54. The molecule has 0 unspecified atom stereocenters. The summed E-state index contributed by atoms with van der Waals surface area (Å²) in [6.07, 6.45) is 1.33. The van der Waals surface area contributed by atoms with Crippen LogP contribution in [0.3, 0.4) is 0 Å². The van der Waals surface area contributed by atoms with E-state index in [4.69, 9.17) is 0 Å². The predicted octanol–water partition coefficient (Wildman–Crippen LogP) is 2.29. The van der Waals surface area contributed by atoms with Crippen LogP contribution in [0.4, 0.5) is 0 Å². The van der Waals surface area contributed by atoms with E-state index in [9.17, 15) is 0 Å². The van der Waals surface area contributed by atoms with Crippen LogP contribution >= 0.6 is 11.8 Å². The topological polar surface area (TPSA) is 0 Å². The highest BCUT2D eigenvalue weighted by molar-refractivity contribution is 8.08. The minimum Gasteiger partial charge on any atom is -0.150 e. The molecule has 0 bridgehead atoms. The van der Waals surface area contributed by atoms with Gasteiger partial charge in [0.1, 0.15) is 0 Å². The van der Waals surface area contributed by atoms with E-state index >= 15 is 0 Å². The smallest absolute Gasteiger partial charge is 0.0248 e. The molecular formula is C6H12S. The first kappa shape index (κ1) is 5.49. The normalized spacial score (nSPS) is 49.3. The van der Waals surface area contributed by atoms with E-state index in [1.807, 2.05) is 0 Å². The van der Waals surface area contributed by atoms with Crippen LogP contribution in [0.1, 0.15) is 27.2 Å². The van der Waals surface area contributed by atoms with Gasteiger partial charge in [-0.2, -0.15) is 0 Å². The van der Waals surface area contributed by atoms with Gasteiger partial charge >= 0.3 is 0 Å². The summed E-state index contributed by atoms with van der Waals surface area (Å²) in [5.41, 5.74) is 0. The van der Waals surface area contributed by atoms with E-state index in [0.717, 1.165) is 5.25 Å². The van der Waals surface area contributed by atoms with Crippen molar-refractivity contribution in [1.82, 2.24) is 0 Å². The molecule has 42 valence electrons. The van der Waals surface area contributed by atoms with E-state index in [1.54, 1.807) is 0 Å². The quantitative estimate of drug-likeness (QED) is 0.474. The van der Waals surface area contributed by atoms with E-state index < -0.39 is 0 Å². The van der Waals surface area contributed by atoms with Crippen molar-refractivity contribution in [3.63, 3.8) is 0 Å². The molecule has 1 aliphatic rings. The van der Waals surface area contributed by atoms with Crippen molar-refractivity contribution in [2.45, 2.75) is 37.2 Å². The maximum Gasteiger partial charge on any atom is 0.0248 e. The van der Waals surface area contributed by atoms with Crippen LogP contribution in [0.5, 0.6) is 0 Å². The lowest BCUT2D eigenvalue weighted by molar-refractivity contribution is 0.694. The lowest BCUT2D eigenvalue weighted by Crippen LogP contribution is -2.02. The second-order valence-corrected chi connectivity index (χ2v) is 4.30. The maximum atomic E-state index is 2.34. The van der Waals surface area contributed by atoms with Crippen molar-refractivity contribution in [3.05, 3.63) is 0 Å². The predicted molar refractivity (Wildman–Crippen MR) is 35.7 cm³/mol. The van der Waals surface area contributed by atoms with Gasteiger partial charge in [0.15, 0.2) is 0 Å². The van der Waals surface area contributed by atoms with Crippen LogP contribution in [-0.4, -0.2) is 10.00 Å². The van der Waals surface area contributed by atoms with Crippen molar-refractivity contribution >= 4 is 11.8 Å². The Bertz CT molecular complexity index is 76.2. The molecule has 2 atom stereocenters. The Morgan fingerprint density at radius 3 is 2.14 bits per heavy atom. The second-order valence-electron chi connectivity index (χ2n) is 2.43. The summed E-state index contributed by atoms with van der Waals surface area (Å²) >= 11 is 2.09. The average Bonchev–Trinajstić information content (AvgIpc) is 2.18. The molecule has 0 aromatic heterocycles. The summed E-state index contributed by atoms with van der Waals surface area (Å²) in [5, 5.41) is 0.928. The van der Waals surface area contributed by atoms with Crippen LogP contribution in [0.25, 0.3) is 0 Å². The Hall–Kier alpha value is 0.350. The van der Waals surface area contributed by atoms with Gasteiger partial charge in [0.05, 0.1) is 0 Å². The first-order valence-corrected chi connectivity index (χ1v) is 3.75. The molecule has 1 rings (SSSR count). The van der Waals surface area contributed by atoms with Crippen molar-refractivity contribution in [2.75, 3.05) is 0 Å². The number of hydrogen-bond donors (Lipinski definition) is 0. The summed E-state index contributed by atoms with van der Waals surface area (Å²) in [6.45, 7) is 6.90. The zero-order valence-corrected chi connectivity index (χ0v) is 6.01. The molecule has 7 heavy (non-hydrogen) atoms. The van der Waals surface area contributed by atoms with Gasteiger partial charge in [-0.1, -0.05) is 13.8 Å². The van der Waals surface area contributed by atoms with Crippen LogP contribution in [-0.2, 0) is 0 Å². The molecule has 1 heterocycles. The number of hydrogen-bond acceptors (Lipinski definition) is 1. The molecule has 1 saturated heterocycles. The Morgan fingerprint density at radius 2 is 2.14 bits per heavy atom. The molecule has 0 N–H and O–H groups in total. The summed E-state index contributed by atoms with van der Waals surface area (Å²) < 4.78 is 0.667. The van der Waals surface area contributed by atoms with Gasteiger partial charge in [0.25, 0.3) is 0 Å². The Balaban J connectivity index is 2.36. The molecule has 1 aliphatic heterocycles. The Kier molecular flexibility index (Phi) is 1.11. The fourth-order valence-electron chi connectivity index (χ4n) is 0.741. The van der Waals surface area contributed by atoms with Gasteiger partial charge in [0, 0.05) is 10.00 Å². The fourth-order valence-corrected chi connectivity index (χ4v) is 1.81. The second kappa shape index (κ2) is 1.41. The van der Waals surface area contributed by atoms with E-state index in [0.29, 0.717) is 4.75 Å². The molecule has 1 fully saturated rings. The first-order chi connectivity index (χ1) is 3.19. The molecule has 0 amide bonds. The van der Waals surface area contributed by atoms with Crippen LogP contribution in [0.2, 0.25) is 0 Å². The molecule has 0 radical (unpaired) electrons. The van der Waals surface area contributed by atoms with Crippen molar-refractivity contribution in [1.29, 1.82) is 0 Å². The highest BCUT2D eigenvalue weighted by atomic mass is 32.2. The summed E-state index contributed by atoms with van der Waals surface area (Å²) in [7, 11) is 0. The summed E-state index contributed by atoms with van der Waals surface area (Å²) in [5.74, 6) is 0. The first-order valence-electron chi connectivity index (χ1n) is 2.87. The maximum absolute atomic E-state index is 2.34. The van der Waals surface area contributed by atoms with E-state index in [2.05, 4.69) is 32.5 Å². The van der Waals surface area contributed by atoms with Crippen molar-refractivity contribution in [2.24, 2.45) is 0 Å². The van der Waals surface area contributed by atoms with Crippen molar-refractivity contribution < 1.29 is 0 Å². The minimum absolute atomic E-state index is 0.667. The van der Waals surface area contributed by atoms with Gasteiger partial charge in [-0.3, -0.25) is 0 Å². The van der Waals surface area contributed by atoms with Crippen LogP contribution in [0, 0.1) is 0 Å². The third-order valence-corrected chi connectivity index (χ3v) is 3.75. The zero-order valence-electron chi connectivity index (χ0n) is 5.19. The highest BCUT2D eigenvalue weighted by Gasteiger charge is 2.45. The monoisotopic (exact) mass is 116 g/mol. The van der Waals surface area contributed by atoms with Gasteiger partial charge < -0.3 is 0 Å². The molecule has 1 heteroatoms. The summed E-state index contributed by atoms with van der Waals surface area (Å²) in [4.78, 5) is 0. The lowest BCUT2D eigenvalue weighted by atomic mass is 10.1. The fraction of sp³-hybridized carbons (Fsp3) is 1.00. The minimum atomic E-state index is 0.667. The van der Waals surface area contributed by atoms with Crippen LogP contribution in [0.15, 0.2) is 0 Å². The van der Waals surface area contributed by atoms with E-state index in [1.165, 1.54) is 6.42 Å². The third kappa shape index (κ3) is 0.788. The average molecular weight is 116 g/mol. The van der Waals surface area contributed by atoms with Gasteiger partial charge in [-0.05, 0) is 13.3 Å². The molecular weight excluding hydrogens is 104 g/mol. The zero-order chi connectivity index (χ0) is 5.49. The molecule has 0 nitrogen and oxygen atoms in total. The molecule has 0 aromatic carbocycles. The Labute approximate surface area is 49.7 Å². The molecule has 0 aliphatic carbocycles. The number of rotatable bonds is 1. The van der Waals surface area contributed by atoms with Crippen molar-refractivity contribution in [3.8, 4) is 0 Å². The SMILES string of the molecule is CC[C@@]1(C)S[C@@H]1C. The van der Waals surface area contributed by atoms with Gasteiger partial charge in [-0.25, -0.2) is 0 Å². The molecule has 0 aromatic rings. The lowest BCUT2D eigenvalue weighted by Gasteiger charge is -1.97. The Morgan fingerprint density at radius 1 is 1.71 bits per heavy atom. The number of thioether (sulfide) groups is 1. The molecule has 0 spiro atoms. The molecule has 0 saturated carbocycles. The van der Waals surface area contributed by atoms with Gasteiger partial charge in [0.2, 0.25) is 0 Å². The largest absolute Gasteiger partial charge is 0.150 e. The summed E-state index contributed by atoms with van der Waals surface area (Å²) in [6, 6.07) is 0. The standard InChI is InChI=1S/C6H12S/c1-4-6(3)5(2)7-6/h5H,4H2,1-3H3/t5-,6-/m1/s1. The van der Waals surface area contributed by atoms with Crippen LogP contribution < -0.4 is 0 Å². The van der Waals surface area contributed by atoms with E-state index in [-0.39, 0.29) is 0 Å². The van der Waals surface area contributed by atoms with Gasteiger partial charge in [-0.15, -0.1) is 11.8 Å². The third-order valence-electron chi connectivity index (χ3n) is 1.95.